The number of aliphatic imine (C=N–C) groups is 1. The summed E-state index contributed by atoms with van der Waals surface area (Å²) in [6.45, 7) is 8.07. The Kier molecular flexibility index (Phi) is 6.45. The minimum absolute atomic E-state index is 0.136. The van der Waals surface area contributed by atoms with Gasteiger partial charge in [0.05, 0.1) is 13.1 Å². The molecule has 22 heavy (non-hydrogen) atoms. The van der Waals surface area contributed by atoms with Gasteiger partial charge in [0.2, 0.25) is 0 Å². The van der Waals surface area contributed by atoms with Gasteiger partial charge in [0.1, 0.15) is 11.4 Å². The number of amidine groups is 1. The molecule has 0 aliphatic carbocycles. The molecule has 0 aromatic heterocycles. The van der Waals surface area contributed by atoms with E-state index in [1.807, 2.05) is 20.8 Å². The zero-order valence-electron chi connectivity index (χ0n) is 14.1. The van der Waals surface area contributed by atoms with Crippen LogP contribution in [0.4, 0.5) is 9.59 Å². The van der Waals surface area contributed by atoms with Crippen molar-refractivity contribution in [3.05, 3.63) is 0 Å². The molecule has 1 heterocycles. The quantitative estimate of drug-likeness (QED) is 0.743. The van der Waals surface area contributed by atoms with Gasteiger partial charge in [0, 0.05) is 33.7 Å². The fraction of sp³-hybridized carbons (Fsp3) is 0.786. The highest BCUT2D eigenvalue weighted by Crippen LogP contribution is 2.10. The molecule has 126 valence electrons. The third-order valence-corrected chi connectivity index (χ3v) is 2.80. The van der Waals surface area contributed by atoms with Gasteiger partial charge >= 0.3 is 12.1 Å². The van der Waals surface area contributed by atoms with Crippen LogP contribution in [0.25, 0.3) is 0 Å². The highest BCUT2D eigenvalue weighted by molar-refractivity contribution is 5.87. The summed E-state index contributed by atoms with van der Waals surface area (Å²) in [4.78, 5) is 30.8. The van der Waals surface area contributed by atoms with Gasteiger partial charge in [-0.25, -0.2) is 9.59 Å². The SMILES string of the molecule is CN(C)C(=O)NCCNC1=NCCN(C(=O)OC(C)(C)C)C1. The lowest BCUT2D eigenvalue weighted by atomic mass is 10.2. The van der Waals surface area contributed by atoms with Crippen LogP contribution < -0.4 is 10.6 Å². The first-order chi connectivity index (χ1) is 10.2. The maximum absolute atomic E-state index is 12.0. The third-order valence-electron chi connectivity index (χ3n) is 2.80. The van der Waals surface area contributed by atoms with Gasteiger partial charge in [-0.2, -0.15) is 0 Å². The minimum Gasteiger partial charge on any atom is -0.444 e. The average Bonchev–Trinajstić information content (AvgIpc) is 2.41. The molecule has 0 unspecified atom stereocenters. The van der Waals surface area contributed by atoms with E-state index in [1.165, 1.54) is 4.90 Å². The second kappa shape index (κ2) is 7.86. The number of nitrogens with zero attached hydrogens (tertiary/aromatic N) is 3. The van der Waals surface area contributed by atoms with E-state index in [1.54, 1.807) is 19.0 Å². The number of hydrogen-bond acceptors (Lipinski definition) is 5. The molecule has 1 rings (SSSR count). The molecule has 8 nitrogen and oxygen atoms in total. The van der Waals surface area contributed by atoms with Crippen molar-refractivity contribution in [3.8, 4) is 0 Å². The summed E-state index contributed by atoms with van der Waals surface area (Å²) in [5, 5.41) is 5.88. The first kappa shape index (κ1) is 18.1. The lowest BCUT2D eigenvalue weighted by molar-refractivity contribution is 0.0276. The molecule has 0 spiro atoms. The van der Waals surface area contributed by atoms with Gasteiger partial charge in [-0.1, -0.05) is 0 Å². The Balaban J connectivity index is 2.33. The van der Waals surface area contributed by atoms with Crippen molar-refractivity contribution in [1.29, 1.82) is 0 Å². The molecular weight excluding hydrogens is 286 g/mol. The minimum atomic E-state index is -0.504. The normalized spacial score (nSPS) is 15.0. The molecule has 1 aliphatic heterocycles. The third kappa shape index (κ3) is 6.64. The molecular formula is C14H27N5O3. The van der Waals surface area contributed by atoms with Crippen LogP contribution in [0, 0.1) is 0 Å². The predicted octanol–water partition coefficient (Wildman–Crippen LogP) is 0.496. The molecule has 0 aromatic rings. The lowest BCUT2D eigenvalue weighted by Crippen LogP contribution is -2.48. The molecule has 0 saturated carbocycles. The first-order valence-corrected chi connectivity index (χ1v) is 7.39. The first-order valence-electron chi connectivity index (χ1n) is 7.39. The largest absolute Gasteiger partial charge is 0.444 e. The van der Waals surface area contributed by atoms with Gasteiger partial charge < -0.3 is 20.3 Å². The van der Waals surface area contributed by atoms with E-state index in [4.69, 9.17) is 4.74 Å². The van der Waals surface area contributed by atoms with Gasteiger partial charge in [-0.3, -0.25) is 9.89 Å². The number of amides is 3. The summed E-state index contributed by atoms with van der Waals surface area (Å²) in [7, 11) is 3.37. The van der Waals surface area contributed by atoms with E-state index >= 15 is 0 Å². The van der Waals surface area contributed by atoms with Gasteiger partial charge in [-0.05, 0) is 20.8 Å². The van der Waals surface area contributed by atoms with Crippen molar-refractivity contribution >= 4 is 18.0 Å². The summed E-state index contributed by atoms with van der Waals surface area (Å²) >= 11 is 0. The van der Waals surface area contributed by atoms with Gasteiger partial charge in [-0.15, -0.1) is 0 Å². The number of rotatable bonds is 3. The van der Waals surface area contributed by atoms with Crippen molar-refractivity contribution in [2.24, 2.45) is 4.99 Å². The molecule has 1 aliphatic rings. The second-order valence-electron chi connectivity index (χ2n) is 6.28. The van der Waals surface area contributed by atoms with Crippen LogP contribution in [0.5, 0.6) is 0 Å². The van der Waals surface area contributed by atoms with Crippen LogP contribution >= 0.6 is 0 Å². The van der Waals surface area contributed by atoms with Crippen molar-refractivity contribution in [1.82, 2.24) is 20.4 Å². The molecule has 0 fully saturated rings. The van der Waals surface area contributed by atoms with E-state index in [2.05, 4.69) is 15.6 Å². The van der Waals surface area contributed by atoms with Crippen LogP contribution in [0.15, 0.2) is 4.99 Å². The Labute approximate surface area is 131 Å². The Morgan fingerprint density at radius 1 is 1.32 bits per heavy atom. The maximum Gasteiger partial charge on any atom is 0.410 e. The molecule has 0 bridgehead atoms. The molecule has 0 saturated heterocycles. The Morgan fingerprint density at radius 3 is 2.59 bits per heavy atom. The van der Waals surface area contributed by atoms with E-state index in [0.717, 1.165) is 5.84 Å². The highest BCUT2D eigenvalue weighted by atomic mass is 16.6. The summed E-state index contributed by atoms with van der Waals surface area (Å²) in [5.41, 5.74) is -0.504. The molecule has 3 amide bonds. The fourth-order valence-electron chi connectivity index (χ4n) is 1.74. The Bertz CT molecular complexity index is 429. The standard InChI is InChI=1S/C14H27N5O3/c1-14(2,3)22-13(21)19-9-8-16-11(10-19)15-6-7-17-12(20)18(4)5/h6-10H2,1-5H3,(H,15,16)(H,17,20). The van der Waals surface area contributed by atoms with E-state index < -0.39 is 5.60 Å². The fourth-order valence-corrected chi connectivity index (χ4v) is 1.74. The summed E-state index contributed by atoms with van der Waals surface area (Å²) in [5.74, 6) is 0.733. The van der Waals surface area contributed by atoms with Crippen LogP contribution in [0.1, 0.15) is 20.8 Å². The Morgan fingerprint density at radius 2 is 2.00 bits per heavy atom. The topological polar surface area (TPSA) is 86.3 Å². The molecule has 0 radical (unpaired) electrons. The lowest BCUT2D eigenvalue weighted by Gasteiger charge is -2.30. The van der Waals surface area contributed by atoms with Gasteiger partial charge in [0.15, 0.2) is 0 Å². The van der Waals surface area contributed by atoms with Crippen molar-refractivity contribution in [2.45, 2.75) is 26.4 Å². The molecule has 0 atom stereocenters. The number of nitrogens with one attached hydrogen (secondary N) is 2. The van der Waals surface area contributed by atoms with E-state index in [9.17, 15) is 9.59 Å². The smallest absolute Gasteiger partial charge is 0.410 e. The number of carbonyl (C=O) groups excluding carboxylic acids is 2. The zero-order valence-corrected chi connectivity index (χ0v) is 14.1. The van der Waals surface area contributed by atoms with Gasteiger partial charge in [0.25, 0.3) is 0 Å². The molecule has 8 heteroatoms. The number of urea groups is 1. The summed E-state index contributed by atoms with van der Waals surface area (Å²) < 4.78 is 5.35. The molecule has 0 aromatic carbocycles. The summed E-state index contributed by atoms with van der Waals surface area (Å²) in [6.07, 6.45) is -0.331. The van der Waals surface area contributed by atoms with Crippen molar-refractivity contribution < 1.29 is 14.3 Å². The monoisotopic (exact) mass is 313 g/mol. The highest BCUT2D eigenvalue weighted by Gasteiger charge is 2.24. The average molecular weight is 313 g/mol. The number of carbonyl (C=O) groups is 2. The van der Waals surface area contributed by atoms with E-state index in [0.29, 0.717) is 32.7 Å². The predicted molar refractivity (Wildman–Crippen MR) is 85.2 cm³/mol. The van der Waals surface area contributed by atoms with Crippen LogP contribution in [0.2, 0.25) is 0 Å². The number of ether oxygens (including phenoxy) is 1. The molecule has 2 N–H and O–H groups in total. The van der Waals surface area contributed by atoms with Crippen LogP contribution in [0.3, 0.4) is 0 Å². The maximum atomic E-state index is 12.0. The van der Waals surface area contributed by atoms with Crippen LogP contribution in [-0.4, -0.2) is 80.2 Å². The number of hydrogen-bond donors (Lipinski definition) is 2. The second-order valence-corrected chi connectivity index (χ2v) is 6.28. The summed E-state index contributed by atoms with van der Waals surface area (Å²) in [6, 6.07) is -0.136. The Hall–Kier alpha value is -1.99. The van der Waals surface area contributed by atoms with Crippen molar-refractivity contribution in [3.63, 3.8) is 0 Å². The van der Waals surface area contributed by atoms with Crippen molar-refractivity contribution in [2.75, 3.05) is 46.8 Å². The van der Waals surface area contributed by atoms with E-state index in [-0.39, 0.29) is 12.1 Å². The zero-order chi connectivity index (χ0) is 16.8. The van der Waals surface area contributed by atoms with Crippen LogP contribution in [-0.2, 0) is 4.74 Å².